The fraction of sp³-hybridized carbons (Fsp3) is 0.316. The first-order valence-corrected chi connectivity index (χ1v) is 8.43. The van der Waals surface area contributed by atoms with Crippen molar-refractivity contribution in [1.82, 2.24) is 0 Å². The van der Waals surface area contributed by atoms with E-state index in [1.807, 2.05) is 12.1 Å². The minimum absolute atomic E-state index is 0.295. The van der Waals surface area contributed by atoms with E-state index < -0.39 is 5.91 Å². The molecule has 0 aliphatic carbocycles. The van der Waals surface area contributed by atoms with Crippen molar-refractivity contribution in [1.29, 1.82) is 0 Å². The van der Waals surface area contributed by atoms with Crippen LogP contribution in [0.25, 0.3) is 0 Å². The highest BCUT2D eigenvalue weighted by molar-refractivity contribution is 5.93. The van der Waals surface area contributed by atoms with Crippen LogP contribution in [0, 0.1) is 0 Å². The van der Waals surface area contributed by atoms with Crippen molar-refractivity contribution in [2.45, 2.75) is 25.5 Å². The summed E-state index contributed by atoms with van der Waals surface area (Å²) in [7, 11) is 0. The number of carbonyl (C=O) groups excluding carboxylic acids is 1. The van der Waals surface area contributed by atoms with E-state index in [-0.39, 0.29) is 6.23 Å². The van der Waals surface area contributed by atoms with Crippen LogP contribution in [0.15, 0.2) is 42.5 Å². The van der Waals surface area contributed by atoms with Crippen LogP contribution in [-0.2, 0) is 0 Å². The van der Waals surface area contributed by atoms with Gasteiger partial charge in [0.15, 0.2) is 6.23 Å². The molecule has 5 nitrogen and oxygen atoms in total. The third-order valence-electron chi connectivity index (χ3n) is 4.69. The van der Waals surface area contributed by atoms with Gasteiger partial charge in [0.05, 0.1) is 5.69 Å². The molecular formula is C19H21N3O2. The molecule has 0 aromatic heterocycles. The molecule has 1 amide bonds. The first kappa shape index (κ1) is 14.9. The van der Waals surface area contributed by atoms with Gasteiger partial charge in [-0.3, -0.25) is 4.79 Å². The second kappa shape index (κ2) is 6.07. The van der Waals surface area contributed by atoms with Gasteiger partial charge in [0, 0.05) is 36.0 Å². The topological polar surface area (TPSA) is 67.6 Å². The minimum Gasteiger partial charge on any atom is -0.464 e. The Labute approximate surface area is 141 Å². The van der Waals surface area contributed by atoms with Gasteiger partial charge >= 0.3 is 0 Å². The van der Waals surface area contributed by atoms with Crippen molar-refractivity contribution in [3.63, 3.8) is 0 Å². The van der Waals surface area contributed by atoms with Crippen LogP contribution in [0.4, 0.5) is 11.4 Å². The Morgan fingerprint density at radius 1 is 1.12 bits per heavy atom. The number of nitrogens with one attached hydrogen (secondary N) is 1. The molecule has 5 heteroatoms. The molecule has 0 radical (unpaired) electrons. The van der Waals surface area contributed by atoms with E-state index in [9.17, 15) is 4.79 Å². The van der Waals surface area contributed by atoms with E-state index in [4.69, 9.17) is 10.5 Å². The second-order valence-electron chi connectivity index (χ2n) is 6.36. The zero-order chi connectivity index (χ0) is 16.5. The minimum atomic E-state index is -0.431. The maximum absolute atomic E-state index is 11.4. The highest BCUT2D eigenvalue weighted by atomic mass is 16.5. The molecule has 2 aliphatic heterocycles. The van der Waals surface area contributed by atoms with Gasteiger partial charge in [0.25, 0.3) is 0 Å². The van der Waals surface area contributed by atoms with Gasteiger partial charge in [0.2, 0.25) is 5.91 Å². The average Bonchev–Trinajstić information content (AvgIpc) is 3.06. The summed E-state index contributed by atoms with van der Waals surface area (Å²) in [5.41, 5.74) is 8.93. The number of hydrogen-bond donors (Lipinski definition) is 2. The lowest BCUT2D eigenvalue weighted by atomic mass is 10.1. The second-order valence-corrected chi connectivity index (χ2v) is 6.36. The maximum atomic E-state index is 11.4. The molecule has 2 aromatic rings. The van der Waals surface area contributed by atoms with E-state index in [1.54, 1.807) is 12.1 Å². The van der Waals surface area contributed by atoms with Gasteiger partial charge in [-0.25, -0.2) is 0 Å². The van der Waals surface area contributed by atoms with Gasteiger partial charge in [-0.2, -0.15) is 0 Å². The molecule has 2 aromatic carbocycles. The Morgan fingerprint density at radius 3 is 2.75 bits per heavy atom. The molecule has 1 saturated heterocycles. The summed E-state index contributed by atoms with van der Waals surface area (Å²) < 4.78 is 6.07. The molecule has 0 bridgehead atoms. The van der Waals surface area contributed by atoms with E-state index in [2.05, 4.69) is 28.4 Å². The monoisotopic (exact) mass is 323 g/mol. The summed E-state index contributed by atoms with van der Waals surface area (Å²) >= 11 is 0. The number of nitrogens with two attached hydrogens (primary N) is 1. The van der Waals surface area contributed by atoms with Gasteiger partial charge < -0.3 is 20.7 Å². The molecule has 4 rings (SSSR count). The van der Waals surface area contributed by atoms with Crippen LogP contribution in [0.2, 0.25) is 0 Å². The molecule has 0 spiro atoms. The molecule has 0 saturated carbocycles. The molecule has 2 heterocycles. The predicted molar refractivity (Wildman–Crippen MR) is 94.5 cm³/mol. The molecular weight excluding hydrogens is 302 g/mol. The fourth-order valence-corrected chi connectivity index (χ4v) is 3.38. The van der Waals surface area contributed by atoms with E-state index >= 15 is 0 Å². The molecule has 1 unspecified atom stereocenters. The van der Waals surface area contributed by atoms with E-state index in [0.717, 1.165) is 30.1 Å². The van der Waals surface area contributed by atoms with Crippen molar-refractivity contribution in [2.24, 2.45) is 5.73 Å². The summed E-state index contributed by atoms with van der Waals surface area (Å²) in [6, 6.07) is 13.6. The van der Waals surface area contributed by atoms with Crippen LogP contribution >= 0.6 is 0 Å². The number of primary amides is 1. The summed E-state index contributed by atoms with van der Waals surface area (Å²) in [4.78, 5) is 13.8. The molecule has 2 aliphatic rings. The number of carbonyl (C=O) groups is 1. The number of benzene rings is 2. The van der Waals surface area contributed by atoms with Crippen molar-refractivity contribution in [3.05, 3.63) is 53.6 Å². The average molecular weight is 323 g/mol. The number of fused-ring (bicyclic) bond motifs is 1. The number of anilines is 2. The first-order valence-electron chi connectivity index (χ1n) is 8.43. The Morgan fingerprint density at radius 2 is 1.96 bits per heavy atom. The van der Waals surface area contributed by atoms with E-state index in [0.29, 0.717) is 5.56 Å². The number of amides is 1. The smallest absolute Gasteiger partial charge is 0.248 e. The Balaban J connectivity index is 1.55. The predicted octanol–water partition coefficient (Wildman–Crippen LogP) is 3.28. The van der Waals surface area contributed by atoms with Crippen molar-refractivity contribution in [2.75, 3.05) is 23.3 Å². The Bertz CT molecular complexity index is 769. The number of ether oxygens (including phenoxy) is 1. The third-order valence-corrected chi connectivity index (χ3v) is 4.69. The van der Waals surface area contributed by atoms with Gasteiger partial charge in [-0.15, -0.1) is 0 Å². The fourth-order valence-electron chi connectivity index (χ4n) is 3.38. The summed E-state index contributed by atoms with van der Waals surface area (Å²) in [5, 5.41) is 3.35. The van der Waals surface area contributed by atoms with Crippen LogP contribution in [0.1, 0.15) is 41.4 Å². The first-order chi connectivity index (χ1) is 11.7. The molecule has 1 atom stereocenters. The molecule has 24 heavy (non-hydrogen) atoms. The quantitative estimate of drug-likeness (QED) is 0.909. The largest absolute Gasteiger partial charge is 0.464 e. The lowest BCUT2D eigenvalue weighted by Crippen LogP contribution is -2.29. The lowest BCUT2D eigenvalue weighted by molar-refractivity contribution is 0.1000. The molecule has 1 fully saturated rings. The Hall–Kier alpha value is -2.69. The van der Waals surface area contributed by atoms with Crippen LogP contribution in [-0.4, -0.2) is 19.0 Å². The number of hydrogen-bond acceptors (Lipinski definition) is 4. The van der Waals surface area contributed by atoms with Crippen molar-refractivity contribution in [3.8, 4) is 5.75 Å². The SMILES string of the molecule is NC(=O)c1cccc(C2Nc3ccc(N4CCCCC4)cc3O2)c1. The van der Waals surface area contributed by atoms with Gasteiger partial charge in [0.1, 0.15) is 5.75 Å². The number of nitrogens with zero attached hydrogens (tertiary/aromatic N) is 1. The van der Waals surface area contributed by atoms with Crippen LogP contribution < -0.4 is 20.7 Å². The standard InChI is InChI=1S/C19H21N3O2/c20-18(23)13-5-4-6-14(11-13)19-21-16-8-7-15(12-17(16)24-19)22-9-2-1-3-10-22/h4-8,11-12,19,21H,1-3,9-10H2,(H2,20,23). The summed E-state index contributed by atoms with van der Waals surface area (Å²) in [5.74, 6) is 0.423. The normalized spacial score (nSPS) is 19.3. The van der Waals surface area contributed by atoms with Crippen LogP contribution in [0.3, 0.4) is 0 Å². The van der Waals surface area contributed by atoms with Crippen molar-refractivity contribution >= 4 is 17.3 Å². The summed E-state index contributed by atoms with van der Waals surface area (Å²) in [6.07, 6.45) is 3.52. The third kappa shape index (κ3) is 2.77. The molecule has 3 N–H and O–H groups in total. The zero-order valence-electron chi connectivity index (χ0n) is 13.5. The van der Waals surface area contributed by atoms with Gasteiger partial charge in [-0.05, 0) is 43.5 Å². The van der Waals surface area contributed by atoms with Crippen molar-refractivity contribution < 1.29 is 9.53 Å². The lowest BCUT2D eigenvalue weighted by Gasteiger charge is -2.28. The van der Waals surface area contributed by atoms with E-state index in [1.165, 1.54) is 24.9 Å². The Kier molecular flexibility index (Phi) is 3.76. The summed E-state index contributed by atoms with van der Waals surface area (Å²) in [6.45, 7) is 2.21. The van der Waals surface area contributed by atoms with Gasteiger partial charge in [-0.1, -0.05) is 12.1 Å². The molecule has 124 valence electrons. The highest BCUT2D eigenvalue weighted by Gasteiger charge is 2.25. The maximum Gasteiger partial charge on any atom is 0.248 e. The number of piperidine rings is 1. The highest BCUT2D eigenvalue weighted by Crippen LogP contribution is 2.40. The number of rotatable bonds is 3. The zero-order valence-corrected chi connectivity index (χ0v) is 13.5. The van der Waals surface area contributed by atoms with Crippen LogP contribution in [0.5, 0.6) is 5.75 Å².